The smallest absolute Gasteiger partial charge is 0.0387 e. The summed E-state index contributed by atoms with van der Waals surface area (Å²) in [5.74, 6) is 1.38. The highest BCUT2D eigenvalue weighted by Crippen LogP contribution is 1.92. The number of hydrogen-bond acceptors (Lipinski definition) is 3. The first kappa shape index (κ1) is 12.1. The fraction of sp³-hybridized carbons (Fsp3) is 1.00. The van der Waals surface area contributed by atoms with Crippen LogP contribution in [0.2, 0.25) is 0 Å². The topological polar surface area (TPSA) is 46.3 Å². The first-order chi connectivity index (χ1) is 5.56. The van der Waals surface area contributed by atoms with Crippen molar-refractivity contribution in [2.24, 2.45) is 5.73 Å². The minimum absolute atomic E-state index is 0.105. The summed E-state index contributed by atoms with van der Waals surface area (Å²) >= 11 is 0. The highest BCUT2D eigenvalue weighted by Gasteiger charge is 2.05. The van der Waals surface area contributed by atoms with Crippen LogP contribution in [-0.4, -0.2) is 47.3 Å². The average molecular weight is 192 g/mol. The van der Waals surface area contributed by atoms with Gasteiger partial charge in [0.05, 0.1) is 0 Å². The van der Waals surface area contributed by atoms with Crippen molar-refractivity contribution in [3.63, 3.8) is 0 Å². The molecule has 0 saturated carbocycles. The fourth-order valence-corrected chi connectivity index (χ4v) is 2.17. The van der Waals surface area contributed by atoms with Crippen LogP contribution in [0.5, 0.6) is 0 Å². The third-order valence-corrected chi connectivity index (χ3v) is 3.13. The van der Waals surface area contributed by atoms with Gasteiger partial charge in [-0.1, -0.05) is 6.92 Å². The molecule has 2 N–H and O–H groups in total. The molecular weight excluding hydrogens is 172 g/mol. The molecule has 0 bridgehead atoms. The maximum Gasteiger partial charge on any atom is 0.0387 e. The van der Waals surface area contributed by atoms with Crippen LogP contribution in [-0.2, 0) is 10.8 Å². The molecule has 3 nitrogen and oxygen atoms in total. The zero-order valence-electron chi connectivity index (χ0n) is 8.25. The van der Waals surface area contributed by atoms with Crippen molar-refractivity contribution >= 4 is 10.8 Å². The Morgan fingerprint density at radius 3 is 2.50 bits per heavy atom. The number of nitrogens with two attached hydrogens (primary N) is 1. The molecule has 0 aliphatic heterocycles. The molecule has 0 spiro atoms. The summed E-state index contributed by atoms with van der Waals surface area (Å²) in [6.07, 6.45) is 0.910. The van der Waals surface area contributed by atoms with Gasteiger partial charge < -0.3 is 10.6 Å². The quantitative estimate of drug-likeness (QED) is 0.646. The van der Waals surface area contributed by atoms with Crippen molar-refractivity contribution in [2.45, 2.75) is 19.4 Å². The highest BCUT2D eigenvalue weighted by molar-refractivity contribution is 7.85. The predicted molar refractivity (Wildman–Crippen MR) is 54.7 cm³/mol. The molecule has 0 saturated heterocycles. The van der Waals surface area contributed by atoms with Crippen LogP contribution in [0, 0.1) is 0 Å². The van der Waals surface area contributed by atoms with E-state index < -0.39 is 10.8 Å². The van der Waals surface area contributed by atoms with E-state index in [0.29, 0.717) is 5.75 Å². The van der Waals surface area contributed by atoms with Gasteiger partial charge in [-0.3, -0.25) is 4.21 Å². The van der Waals surface area contributed by atoms with Crippen molar-refractivity contribution in [1.29, 1.82) is 0 Å². The van der Waals surface area contributed by atoms with Gasteiger partial charge in [0.1, 0.15) is 0 Å². The largest absolute Gasteiger partial charge is 0.327 e. The van der Waals surface area contributed by atoms with Gasteiger partial charge in [-0.25, -0.2) is 0 Å². The Labute approximate surface area is 77.8 Å². The SMILES string of the molecule is CCC(N)CS(=O)CCN(C)C. The van der Waals surface area contributed by atoms with Gasteiger partial charge in [0, 0.05) is 34.9 Å². The molecule has 74 valence electrons. The summed E-state index contributed by atoms with van der Waals surface area (Å²) in [6, 6.07) is 0.105. The van der Waals surface area contributed by atoms with Crippen LogP contribution in [0.1, 0.15) is 13.3 Å². The van der Waals surface area contributed by atoms with Crippen molar-refractivity contribution in [3.8, 4) is 0 Å². The first-order valence-corrected chi connectivity index (χ1v) is 5.80. The van der Waals surface area contributed by atoms with E-state index in [1.54, 1.807) is 0 Å². The summed E-state index contributed by atoms with van der Waals surface area (Å²) in [4.78, 5) is 2.04. The van der Waals surface area contributed by atoms with Crippen LogP contribution >= 0.6 is 0 Å². The monoisotopic (exact) mass is 192 g/mol. The number of nitrogens with zero attached hydrogens (tertiary/aromatic N) is 1. The second-order valence-corrected chi connectivity index (χ2v) is 4.90. The molecule has 0 heterocycles. The lowest BCUT2D eigenvalue weighted by molar-refractivity contribution is 0.435. The number of hydrogen-bond donors (Lipinski definition) is 1. The van der Waals surface area contributed by atoms with Crippen LogP contribution in [0.3, 0.4) is 0 Å². The normalized spacial score (nSPS) is 16.4. The summed E-state index contributed by atoms with van der Waals surface area (Å²) in [5, 5.41) is 0. The Morgan fingerprint density at radius 2 is 2.08 bits per heavy atom. The second-order valence-electron chi connectivity index (χ2n) is 3.28. The molecule has 0 fully saturated rings. The standard InChI is InChI=1S/C8H20N2OS/c1-4-8(9)7-12(11)6-5-10(2)3/h8H,4-7,9H2,1-3H3. The molecule has 0 aliphatic carbocycles. The lowest BCUT2D eigenvalue weighted by Gasteiger charge is -2.11. The zero-order chi connectivity index (χ0) is 9.56. The summed E-state index contributed by atoms with van der Waals surface area (Å²) < 4.78 is 11.3. The van der Waals surface area contributed by atoms with Gasteiger partial charge in [0.25, 0.3) is 0 Å². The van der Waals surface area contributed by atoms with Crippen LogP contribution in [0.25, 0.3) is 0 Å². The molecule has 12 heavy (non-hydrogen) atoms. The molecule has 4 heteroatoms. The maximum atomic E-state index is 11.3. The van der Waals surface area contributed by atoms with E-state index in [9.17, 15) is 4.21 Å². The van der Waals surface area contributed by atoms with Crippen LogP contribution < -0.4 is 5.73 Å². The van der Waals surface area contributed by atoms with E-state index in [-0.39, 0.29) is 6.04 Å². The van der Waals surface area contributed by atoms with Crippen molar-refractivity contribution in [3.05, 3.63) is 0 Å². The third kappa shape index (κ3) is 6.76. The predicted octanol–water partition coefficient (Wildman–Crippen LogP) is 0.0340. The molecular formula is C8H20N2OS. The molecule has 0 aliphatic rings. The van der Waals surface area contributed by atoms with Crippen molar-refractivity contribution in [1.82, 2.24) is 4.90 Å². The lowest BCUT2D eigenvalue weighted by atomic mass is 10.3. The van der Waals surface area contributed by atoms with Gasteiger partial charge >= 0.3 is 0 Å². The minimum Gasteiger partial charge on any atom is -0.327 e. The molecule has 0 amide bonds. The molecule has 0 rings (SSSR count). The van der Waals surface area contributed by atoms with Gasteiger partial charge in [0.2, 0.25) is 0 Å². The summed E-state index contributed by atoms with van der Waals surface area (Å²) in [5.41, 5.74) is 5.67. The molecule has 0 aromatic carbocycles. The molecule has 0 radical (unpaired) electrons. The Balaban J connectivity index is 3.46. The van der Waals surface area contributed by atoms with E-state index in [2.05, 4.69) is 0 Å². The Morgan fingerprint density at radius 1 is 1.50 bits per heavy atom. The maximum absolute atomic E-state index is 11.3. The Hall–Kier alpha value is 0.0700. The summed E-state index contributed by atoms with van der Waals surface area (Å²) in [6.45, 7) is 2.90. The third-order valence-electron chi connectivity index (χ3n) is 1.69. The average Bonchev–Trinajstić information content (AvgIpc) is 2.00. The Kier molecular flexibility index (Phi) is 6.61. The molecule has 2 atom stereocenters. The summed E-state index contributed by atoms with van der Waals surface area (Å²) in [7, 11) is 3.23. The van der Waals surface area contributed by atoms with E-state index in [0.717, 1.165) is 18.7 Å². The van der Waals surface area contributed by atoms with Gasteiger partial charge in [0.15, 0.2) is 0 Å². The van der Waals surface area contributed by atoms with Gasteiger partial charge in [-0.05, 0) is 20.5 Å². The molecule has 0 aromatic rings. The first-order valence-electron chi connectivity index (χ1n) is 4.31. The highest BCUT2D eigenvalue weighted by atomic mass is 32.2. The molecule has 0 aromatic heterocycles. The number of rotatable bonds is 6. The fourth-order valence-electron chi connectivity index (χ4n) is 0.724. The van der Waals surface area contributed by atoms with Gasteiger partial charge in [-0.15, -0.1) is 0 Å². The van der Waals surface area contributed by atoms with Crippen LogP contribution in [0.4, 0.5) is 0 Å². The molecule has 2 unspecified atom stereocenters. The van der Waals surface area contributed by atoms with Crippen molar-refractivity contribution < 1.29 is 4.21 Å². The van der Waals surface area contributed by atoms with E-state index in [1.807, 2.05) is 25.9 Å². The van der Waals surface area contributed by atoms with Gasteiger partial charge in [-0.2, -0.15) is 0 Å². The van der Waals surface area contributed by atoms with Crippen LogP contribution in [0.15, 0.2) is 0 Å². The second kappa shape index (κ2) is 6.57. The van der Waals surface area contributed by atoms with E-state index in [1.165, 1.54) is 0 Å². The van der Waals surface area contributed by atoms with Crippen molar-refractivity contribution in [2.75, 3.05) is 32.1 Å². The van der Waals surface area contributed by atoms with E-state index in [4.69, 9.17) is 5.73 Å². The zero-order valence-corrected chi connectivity index (χ0v) is 9.06. The minimum atomic E-state index is -0.737. The Bertz CT molecular complexity index is 139. The van der Waals surface area contributed by atoms with E-state index >= 15 is 0 Å². The lowest BCUT2D eigenvalue weighted by Crippen LogP contribution is -2.29.